The summed E-state index contributed by atoms with van der Waals surface area (Å²) in [7, 11) is 3.41. The summed E-state index contributed by atoms with van der Waals surface area (Å²) in [4.78, 5) is 17.5. The van der Waals surface area contributed by atoms with Crippen LogP contribution in [-0.4, -0.2) is 22.7 Å². The van der Waals surface area contributed by atoms with E-state index in [1.807, 2.05) is 56.4 Å². The van der Waals surface area contributed by atoms with E-state index in [0.29, 0.717) is 27.2 Å². The average molecular weight is 496 g/mol. The first-order valence-electron chi connectivity index (χ1n) is 10.5. The Balaban J connectivity index is 1.57. The van der Waals surface area contributed by atoms with Crippen LogP contribution in [0.2, 0.25) is 10.0 Å². The zero-order chi connectivity index (χ0) is 24.2. The van der Waals surface area contributed by atoms with Crippen LogP contribution >= 0.6 is 23.2 Å². The highest BCUT2D eigenvalue weighted by Gasteiger charge is 2.15. The summed E-state index contributed by atoms with van der Waals surface area (Å²) in [6.07, 6.45) is 1.64. The average Bonchev–Trinajstić information content (AvgIpc) is 3.05. The number of para-hydroxylation sites is 1. The highest BCUT2D eigenvalue weighted by molar-refractivity contribution is 6.35. The monoisotopic (exact) mass is 495 g/mol. The van der Waals surface area contributed by atoms with Crippen molar-refractivity contribution in [3.63, 3.8) is 0 Å². The van der Waals surface area contributed by atoms with E-state index < -0.39 is 0 Å². The summed E-state index contributed by atoms with van der Waals surface area (Å²) in [5, 5.41) is 1.11. The van der Waals surface area contributed by atoms with Crippen LogP contribution in [0.25, 0.3) is 5.69 Å². The number of benzene rings is 3. The van der Waals surface area contributed by atoms with Crippen molar-refractivity contribution < 1.29 is 9.47 Å². The minimum Gasteiger partial charge on any atom is -0.493 e. The maximum Gasteiger partial charge on any atom is 0.297 e. The minimum atomic E-state index is -0.186. The topological polar surface area (TPSA) is 57.8 Å². The number of hydrogen-bond donors (Lipinski definition) is 0. The normalized spacial score (nSPS) is 11.2. The minimum absolute atomic E-state index is 0.186. The summed E-state index contributed by atoms with van der Waals surface area (Å²) in [6.45, 7) is 2.13. The maximum absolute atomic E-state index is 13.0. The second-order valence-corrected chi connectivity index (χ2v) is 8.45. The van der Waals surface area contributed by atoms with E-state index in [0.717, 1.165) is 22.5 Å². The van der Waals surface area contributed by atoms with Gasteiger partial charge in [-0.3, -0.25) is 9.48 Å². The smallest absolute Gasteiger partial charge is 0.297 e. The first kappa shape index (κ1) is 23.7. The molecular formula is C26H23Cl2N3O3. The van der Waals surface area contributed by atoms with Crippen molar-refractivity contribution in [3.05, 3.63) is 104 Å². The van der Waals surface area contributed by atoms with Crippen LogP contribution in [0.1, 0.15) is 16.8 Å². The third kappa shape index (κ3) is 4.88. The SMILES string of the molecule is COc1cc(C=Nc2c(C)n(C)n(-c3ccccc3)c2=O)ccc1OCc1ccc(Cl)cc1Cl. The fourth-order valence-corrected chi connectivity index (χ4v) is 3.98. The van der Waals surface area contributed by atoms with Gasteiger partial charge in [-0.05, 0) is 55.0 Å². The Kier molecular flexibility index (Phi) is 7.10. The molecule has 0 radical (unpaired) electrons. The molecule has 0 saturated carbocycles. The van der Waals surface area contributed by atoms with Crippen molar-refractivity contribution >= 4 is 35.1 Å². The zero-order valence-electron chi connectivity index (χ0n) is 19.0. The Hall–Kier alpha value is -3.48. The van der Waals surface area contributed by atoms with Crippen LogP contribution in [0.4, 0.5) is 5.69 Å². The van der Waals surface area contributed by atoms with Crippen LogP contribution in [0.5, 0.6) is 11.5 Å². The molecule has 174 valence electrons. The fourth-order valence-electron chi connectivity index (χ4n) is 3.52. The van der Waals surface area contributed by atoms with Gasteiger partial charge in [0.2, 0.25) is 0 Å². The standard InChI is InChI=1S/C26H23Cl2N3O3/c1-17-25(26(32)31(30(17)2)21-7-5-4-6-8-21)29-15-18-9-12-23(24(13-18)33-3)34-16-19-10-11-20(27)14-22(19)28/h4-15H,16H2,1-3H3. The molecule has 1 heterocycles. The van der Waals surface area contributed by atoms with Gasteiger partial charge in [0.05, 0.1) is 18.5 Å². The van der Waals surface area contributed by atoms with Gasteiger partial charge in [-0.1, -0.05) is 47.5 Å². The molecule has 0 bridgehead atoms. The van der Waals surface area contributed by atoms with E-state index in [-0.39, 0.29) is 12.2 Å². The zero-order valence-corrected chi connectivity index (χ0v) is 20.5. The fraction of sp³-hybridized carbons (Fsp3) is 0.154. The molecule has 0 aliphatic heterocycles. The molecule has 0 atom stereocenters. The van der Waals surface area contributed by atoms with E-state index >= 15 is 0 Å². The van der Waals surface area contributed by atoms with Gasteiger partial charge in [0, 0.05) is 28.9 Å². The van der Waals surface area contributed by atoms with Crippen LogP contribution in [0.15, 0.2) is 76.5 Å². The Morgan fingerprint density at radius 3 is 2.47 bits per heavy atom. The highest BCUT2D eigenvalue weighted by atomic mass is 35.5. The molecule has 0 spiro atoms. The molecule has 1 aromatic heterocycles. The number of halogens is 2. The molecule has 0 amide bonds. The first-order valence-corrected chi connectivity index (χ1v) is 11.3. The van der Waals surface area contributed by atoms with E-state index in [2.05, 4.69) is 4.99 Å². The van der Waals surface area contributed by atoms with Crippen molar-refractivity contribution in [2.45, 2.75) is 13.5 Å². The molecule has 4 aromatic rings. The predicted octanol–water partition coefficient (Wildman–Crippen LogP) is 6.13. The lowest BCUT2D eigenvalue weighted by Gasteiger charge is -2.12. The van der Waals surface area contributed by atoms with Crippen molar-refractivity contribution in [2.75, 3.05) is 7.11 Å². The summed E-state index contributed by atoms with van der Waals surface area (Å²) < 4.78 is 14.8. The van der Waals surface area contributed by atoms with Crippen molar-refractivity contribution in [3.8, 4) is 17.2 Å². The quantitative estimate of drug-likeness (QED) is 0.289. The Labute approximate surface area is 207 Å². The van der Waals surface area contributed by atoms with Gasteiger partial charge in [-0.25, -0.2) is 9.67 Å². The van der Waals surface area contributed by atoms with E-state index in [1.165, 1.54) is 0 Å². The van der Waals surface area contributed by atoms with Gasteiger partial charge in [0.15, 0.2) is 17.2 Å². The second-order valence-electron chi connectivity index (χ2n) is 7.60. The molecule has 0 unspecified atom stereocenters. The largest absolute Gasteiger partial charge is 0.493 e. The predicted molar refractivity (Wildman–Crippen MR) is 137 cm³/mol. The van der Waals surface area contributed by atoms with Gasteiger partial charge in [-0.15, -0.1) is 0 Å². The molecule has 0 aliphatic rings. The molecular weight excluding hydrogens is 473 g/mol. The summed E-state index contributed by atoms with van der Waals surface area (Å²) >= 11 is 12.2. The van der Waals surface area contributed by atoms with Gasteiger partial charge in [0.25, 0.3) is 5.56 Å². The van der Waals surface area contributed by atoms with Gasteiger partial charge in [-0.2, -0.15) is 0 Å². The molecule has 3 aromatic carbocycles. The molecule has 8 heteroatoms. The molecule has 4 rings (SSSR count). The number of hydrogen-bond acceptors (Lipinski definition) is 4. The number of methoxy groups -OCH3 is 1. The van der Waals surface area contributed by atoms with Crippen LogP contribution < -0.4 is 15.0 Å². The Morgan fingerprint density at radius 2 is 1.76 bits per heavy atom. The lowest BCUT2D eigenvalue weighted by Crippen LogP contribution is -2.19. The summed E-state index contributed by atoms with van der Waals surface area (Å²) in [5.74, 6) is 1.11. The van der Waals surface area contributed by atoms with Gasteiger partial charge in [0.1, 0.15) is 6.61 Å². The molecule has 0 fully saturated rings. The number of nitrogens with zero attached hydrogens (tertiary/aromatic N) is 3. The first-order chi connectivity index (χ1) is 16.4. The van der Waals surface area contributed by atoms with E-state index in [9.17, 15) is 4.79 Å². The van der Waals surface area contributed by atoms with Crippen LogP contribution in [-0.2, 0) is 13.7 Å². The van der Waals surface area contributed by atoms with Crippen molar-refractivity contribution in [1.82, 2.24) is 9.36 Å². The molecule has 0 saturated heterocycles. The molecule has 0 N–H and O–H groups in total. The summed E-state index contributed by atoms with van der Waals surface area (Å²) in [6, 6.07) is 20.2. The Bertz CT molecular complexity index is 1410. The lowest BCUT2D eigenvalue weighted by molar-refractivity contribution is 0.284. The maximum atomic E-state index is 13.0. The third-order valence-corrected chi connectivity index (χ3v) is 6.04. The van der Waals surface area contributed by atoms with Crippen molar-refractivity contribution in [2.24, 2.45) is 12.0 Å². The lowest BCUT2D eigenvalue weighted by atomic mass is 10.2. The highest BCUT2D eigenvalue weighted by Crippen LogP contribution is 2.30. The van der Waals surface area contributed by atoms with E-state index in [4.69, 9.17) is 32.7 Å². The number of rotatable bonds is 7. The number of ether oxygens (including phenoxy) is 2. The molecule has 0 aliphatic carbocycles. The third-order valence-electron chi connectivity index (χ3n) is 5.45. The molecule has 34 heavy (non-hydrogen) atoms. The number of aliphatic imine (C=N–C) groups is 1. The van der Waals surface area contributed by atoms with E-state index in [1.54, 1.807) is 47.0 Å². The summed E-state index contributed by atoms with van der Waals surface area (Å²) in [5.41, 5.74) is 3.31. The van der Waals surface area contributed by atoms with Crippen molar-refractivity contribution in [1.29, 1.82) is 0 Å². The van der Waals surface area contributed by atoms with Crippen LogP contribution in [0.3, 0.4) is 0 Å². The Morgan fingerprint density at radius 1 is 1.00 bits per heavy atom. The van der Waals surface area contributed by atoms with Gasteiger partial charge < -0.3 is 9.47 Å². The van der Waals surface area contributed by atoms with Crippen LogP contribution in [0, 0.1) is 6.92 Å². The van der Waals surface area contributed by atoms with Gasteiger partial charge >= 0.3 is 0 Å². The second kappa shape index (κ2) is 10.2. The number of aromatic nitrogens is 2. The molecule has 6 nitrogen and oxygen atoms in total.